The van der Waals surface area contributed by atoms with Gasteiger partial charge in [-0.15, -0.1) is 0 Å². The monoisotopic (exact) mass is 354 g/mol. The predicted molar refractivity (Wildman–Crippen MR) is 109 cm³/mol. The lowest BCUT2D eigenvalue weighted by molar-refractivity contribution is 0.122. The lowest BCUT2D eigenvalue weighted by Crippen LogP contribution is -2.49. The van der Waals surface area contributed by atoms with Crippen LogP contribution in [0.4, 0.5) is 0 Å². The molecule has 6 nitrogen and oxygen atoms in total. The molecule has 0 aliphatic carbocycles. The number of rotatable bonds is 9. The smallest absolute Gasteiger partial charge is 0.191 e. The molecule has 148 valence electrons. The van der Waals surface area contributed by atoms with Gasteiger partial charge in [-0.05, 0) is 48.6 Å². The SMILES string of the molecule is CCNC(=NCC(C)N1CCN(C)CC1)NCCN(C(C)C)C(C)C. The molecule has 0 aromatic heterocycles. The van der Waals surface area contributed by atoms with Gasteiger partial charge < -0.3 is 15.5 Å². The van der Waals surface area contributed by atoms with E-state index in [1.807, 2.05) is 0 Å². The van der Waals surface area contributed by atoms with Crippen LogP contribution < -0.4 is 10.6 Å². The maximum Gasteiger partial charge on any atom is 0.191 e. The summed E-state index contributed by atoms with van der Waals surface area (Å²) in [5, 5.41) is 6.87. The summed E-state index contributed by atoms with van der Waals surface area (Å²) in [6.45, 7) is 21.8. The van der Waals surface area contributed by atoms with Gasteiger partial charge in [0.05, 0.1) is 6.54 Å². The highest BCUT2D eigenvalue weighted by Crippen LogP contribution is 2.05. The highest BCUT2D eigenvalue weighted by molar-refractivity contribution is 5.79. The van der Waals surface area contributed by atoms with Gasteiger partial charge in [0.1, 0.15) is 0 Å². The quantitative estimate of drug-likeness (QED) is 0.483. The Morgan fingerprint density at radius 2 is 1.60 bits per heavy atom. The van der Waals surface area contributed by atoms with E-state index < -0.39 is 0 Å². The van der Waals surface area contributed by atoms with Crippen molar-refractivity contribution in [1.82, 2.24) is 25.3 Å². The van der Waals surface area contributed by atoms with Crippen LogP contribution in [0.2, 0.25) is 0 Å². The molecule has 1 aliphatic rings. The number of aliphatic imine (C=N–C) groups is 1. The summed E-state index contributed by atoms with van der Waals surface area (Å²) in [6.07, 6.45) is 0. The molecule has 1 unspecified atom stereocenters. The summed E-state index contributed by atoms with van der Waals surface area (Å²) >= 11 is 0. The second-order valence-corrected chi connectivity index (χ2v) is 7.76. The lowest BCUT2D eigenvalue weighted by atomic mass is 10.2. The first-order valence-corrected chi connectivity index (χ1v) is 10.1. The van der Waals surface area contributed by atoms with Crippen molar-refractivity contribution in [3.63, 3.8) is 0 Å². The van der Waals surface area contributed by atoms with Crippen LogP contribution in [0.25, 0.3) is 0 Å². The standard InChI is InChI=1S/C19H42N6/c1-8-20-19(21-9-10-25(16(2)3)17(4)5)22-15-18(6)24-13-11-23(7)12-14-24/h16-18H,8-15H2,1-7H3,(H2,20,21,22). The Labute approximate surface area is 156 Å². The number of hydrogen-bond acceptors (Lipinski definition) is 4. The summed E-state index contributed by atoms with van der Waals surface area (Å²) in [7, 11) is 2.20. The highest BCUT2D eigenvalue weighted by atomic mass is 15.3. The molecule has 0 amide bonds. The van der Waals surface area contributed by atoms with Crippen LogP contribution in [0.5, 0.6) is 0 Å². The van der Waals surface area contributed by atoms with Gasteiger partial charge in [0.15, 0.2) is 5.96 Å². The number of nitrogens with one attached hydrogen (secondary N) is 2. The summed E-state index contributed by atoms with van der Waals surface area (Å²) in [5.74, 6) is 0.941. The second-order valence-electron chi connectivity index (χ2n) is 7.76. The van der Waals surface area contributed by atoms with Crippen molar-refractivity contribution < 1.29 is 0 Å². The molecule has 25 heavy (non-hydrogen) atoms. The van der Waals surface area contributed by atoms with Crippen LogP contribution in [0, 0.1) is 0 Å². The third-order valence-electron chi connectivity index (χ3n) is 5.01. The Morgan fingerprint density at radius 3 is 2.12 bits per heavy atom. The molecule has 0 aromatic rings. The van der Waals surface area contributed by atoms with E-state index in [4.69, 9.17) is 4.99 Å². The van der Waals surface area contributed by atoms with E-state index in [-0.39, 0.29) is 0 Å². The largest absolute Gasteiger partial charge is 0.357 e. The summed E-state index contributed by atoms with van der Waals surface area (Å²) < 4.78 is 0. The first-order valence-electron chi connectivity index (χ1n) is 10.1. The van der Waals surface area contributed by atoms with Gasteiger partial charge in [-0.1, -0.05) is 0 Å². The maximum absolute atomic E-state index is 4.81. The molecular weight excluding hydrogens is 312 g/mol. The molecule has 6 heteroatoms. The van der Waals surface area contributed by atoms with Gasteiger partial charge in [0.25, 0.3) is 0 Å². The van der Waals surface area contributed by atoms with Crippen LogP contribution in [-0.4, -0.2) is 98.2 Å². The zero-order valence-electron chi connectivity index (χ0n) is 17.7. The van der Waals surface area contributed by atoms with Crippen molar-refractivity contribution in [3.8, 4) is 0 Å². The molecule has 1 heterocycles. The minimum absolute atomic E-state index is 0.493. The van der Waals surface area contributed by atoms with Crippen molar-refractivity contribution in [2.24, 2.45) is 4.99 Å². The van der Waals surface area contributed by atoms with Crippen LogP contribution in [0.1, 0.15) is 41.5 Å². The van der Waals surface area contributed by atoms with Crippen molar-refractivity contribution in [1.29, 1.82) is 0 Å². The zero-order valence-corrected chi connectivity index (χ0v) is 17.7. The first kappa shape index (κ1) is 22.2. The van der Waals surface area contributed by atoms with Crippen LogP contribution >= 0.6 is 0 Å². The van der Waals surface area contributed by atoms with E-state index >= 15 is 0 Å². The van der Waals surface area contributed by atoms with Gasteiger partial charge in [-0.25, -0.2) is 0 Å². The molecule has 2 N–H and O–H groups in total. The molecule has 0 spiro atoms. The minimum atomic E-state index is 0.493. The first-order chi connectivity index (χ1) is 11.8. The molecule has 0 bridgehead atoms. The van der Waals surface area contributed by atoms with E-state index in [1.54, 1.807) is 0 Å². The summed E-state index contributed by atoms with van der Waals surface area (Å²) in [4.78, 5) is 12.3. The summed E-state index contributed by atoms with van der Waals surface area (Å²) in [6, 6.07) is 1.63. The molecule has 1 aliphatic heterocycles. The van der Waals surface area contributed by atoms with Crippen molar-refractivity contribution in [2.75, 3.05) is 59.4 Å². The number of piperazine rings is 1. The number of likely N-dealkylation sites (N-methyl/N-ethyl adjacent to an activating group) is 1. The molecule has 0 aromatic carbocycles. The highest BCUT2D eigenvalue weighted by Gasteiger charge is 2.19. The second kappa shape index (κ2) is 11.7. The number of nitrogens with zero attached hydrogens (tertiary/aromatic N) is 4. The molecule has 0 radical (unpaired) electrons. The molecule has 1 saturated heterocycles. The fraction of sp³-hybridized carbons (Fsp3) is 0.947. The molecule has 1 rings (SSSR count). The predicted octanol–water partition coefficient (Wildman–Crippen LogP) is 1.30. The van der Waals surface area contributed by atoms with Crippen molar-refractivity contribution >= 4 is 5.96 Å². The van der Waals surface area contributed by atoms with Gasteiger partial charge >= 0.3 is 0 Å². The fourth-order valence-corrected chi connectivity index (χ4v) is 3.36. The normalized spacial score (nSPS) is 19.0. The average molecular weight is 355 g/mol. The molecule has 1 atom stereocenters. The Hall–Kier alpha value is -0.850. The van der Waals surface area contributed by atoms with Gasteiger partial charge in [0, 0.05) is 63.9 Å². The topological polar surface area (TPSA) is 46.1 Å². The Kier molecular flexibility index (Phi) is 10.4. The van der Waals surface area contributed by atoms with E-state index in [1.165, 1.54) is 0 Å². The average Bonchev–Trinajstić information content (AvgIpc) is 2.56. The molecule has 0 saturated carbocycles. The third kappa shape index (κ3) is 8.38. The Balaban J connectivity index is 2.44. The Morgan fingerprint density at radius 1 is 1.00 bits per heavy atom. The van der Waals surface area contributed by atoms with Gasteiger partial charge in [-0.3, -0.25) is 14.8 Å². The molecular formula is C19H42N6. The summed E-state index contributed by atoms with van der Waals surface area (Å²) in [5.41, 5.74) is 0. The maximum atomic E-state index is 4.81. The van der Waals surface area contributed by atoms with Crippen molar-refractivity contribution in [3.05, 3.63) is 0 Å². The van der Waals surface area contributed by atoms with Crippen LogP contribution in [0.3, 0.4) is 0 Å². The Bertz CT molecular complexity index is 366. The minimum Gasteiger partial charge on any atom is -0.357 e. The van der Waals surface area contributed by atoms with E-state index in [2.05, 4.69) is 73.9 Å². The lowest BCUT2D eigenvalue weighted by Gasteiger charge is -2.36. The van der Waals surface area contributed by atoms with E-state index in [0.717, 1.165) is 58.3 Å². The van der Waals surface area contributed by atoms with E-state index in [0.29, 0.717) is 18.1 Å². The fourth-order valence-electron chi connectivity index (χ4n) is 3.36. The number of hydrogen-bond donors (Lipinski definition) is 2. The van der Waals surface area contributed by atoms with Gasteiger partial charge in [-0.2, -0.15) is 0 Å². The molecule has 1 fully saturated rings. The van der Waals surface area contributed by atoms with E-state index in [9.17, 15) is 0 Å². The van der Waals surface area contributed by atoms with Crippen LogP contribution in [0.15, 0.2) is 4.99 Å². The van der Waals surface area contributed by atoms with Gasteiger partial charge in [0.2, 0.25) is 0 Å². The third-order valence-corrected chi connectivity index (χ3v) is 5.01. The number of guanidine groups is 1. The zero-order chi connectivity index (χ0) is 18.8. The van der Waals surface area contributed by atoms with Crippen LogP contribution in [-0.2, 0) is 0 Å². The van der Waals surface area contributed by atoms with Crippen molar-refractivity contribution in [2.45, 2.75) is 59.7 Å².